The number of rotatable bonds is 2. The Labute approximate surface area is 138 Å². The monoisotopic (exact) mass is 316 g/mol. The van der Waals surface area contributed by atoms with E-state index in [9.17, 15) is 0 Å². The van der Waals surface area contributed by atoms with E-state index >= 15 is 0 Å². The number of piperazine rings is 1. The minimum Gasteiger partial charge on any atom is -0.383 e. The molecule has 0 aromatic carbocycles. The molecule has 0 radical (unpaired) electrons. The molecular weight excluding hydrogens is 288 g/mol. The predicted molar refractivity (Wildman–Crippen MR) is 93.5 cm³/mol. The molecule has 3 heterocycles. The predicted octanol–water partition coefficient (Wildman–Crippen LogP) is 1.97. The van der Waals surface area contributed by atoms with Gasteiger partial charge in [-0.15, -0.1) is 0 Å². The van der Waals surface area contributed by atoms with Crippen molar-refractivity contribution in [1.82, 2.24) is 14.9 Å². The van der Waals surface area contributed by atoms with Crippen molar-refractivity contribution in [2.24, 2.45) is 0 Å². The first-order valence-electron chi connectivity index (χ1n) is 9.14. The molecule has 1 aromatic rings. The van der Waals surface area contributed by atoms with Gasteiger partial charge in [-0.3, -0.25) is 4.90 Å². The van der Waals surface area contributed by atoms with Crippen LogP contribution in [0.25, 0.3) is 0 Å². The number of aromatic nitrogens is 2. The Kier molecular flexibility index (Phi) is 4.01. The van der Waals surface area contributed by atoms with Gasteiger partial charge in [-0.1, -0.05) is 19.3 Å². The quantitative estimate of drug-likeness (QED) is 0.868. The van der Waals surface area contributed by atoms with Crippen molar-refractivity contribution >= 4 is 17.6 Å². The molecule has 0 spiro atoms. The van der Waals surface area contributed by atoms with Crippen molar-refractivity contribution in [2.45, 2.75) is 56.9 Å². The maximum Gasteiger partial charge on any atom is 0.223 e. The molecule has 1 atom stereocenters. The van der Waals surface area contributed by atoms with E-state index < -0.39 is 0 Å². The van der Waals surface area contributed by atoms with Gasteiger partial charge < -0.3 is 16.4 Å². The van der Waals surface area contributed by atoms with Crippen LogP contribution in [0.2, 0.25) is 0 Å². The van der Waals surface area contributed by atoms with Crippen molar-refractivity contribution in [3.05, 3.63) is 5.56 Å². The van der Waals surface area contributed by atoms with Crippen LogP contribution in [0.1, 0.15) is 56.4 Å². The van der Waals surface area contributed by atoms with Crippen LogP contribution in [-0.2, 0) is 0 Å². The van der Waals surface area contributed by atoms with Crippen LogP contribution in [-0.4, -0.2) is 47.1 Å². The highest BCUT2D eigenvalue weighted by Gasteiger charge is 2.33. The molecule has 126 valence electrons. The summed E-state index contributed by atoms with van der Waals surface area (Å²) in [5, 5.41) is 0. The number of anilines is 3. The van der Waals surface area contributed by atoms with E-state index in [4.69, 9.17) is 11.5 Å². The van der Waals surface area contributed by atoms with Gasteiger partial charge in [-0.05, 0) is 38.1 Å². The molecule has 4 rings (SSSR count). The number of hydrogen-bond donors (Lipinski definition) is 2. The lowest BCUT2D eigenvalue weighted by molar-refractivity contribution is 0.230. The molecule has 1 saturated carbocycles. The average molecular weight is 316 g/mol. The number of nitrogens with zero attached hydrogens (tertiary/aromatic N) is 4. The topological polar surface area (TPSA) is 84.3 Å². The zero-order valence-corrected chi connectivity index (χ0v) is 13.9. The summed E-state index contributed by atoms with van der Waals surface area (Å²) in [5.41, 5.74) is 13.4. The molecule has 3 aliphatic rings. The zero-order valence-electron chi connectivity index (χ0n) is 13.9. The summed E-state index contributed by atoms with van der Waals surface area (Å²) in [5.74, 6) is 2.44. The van der Waals surface area contributed by atoms with Gasteiger partial charge in [-0.25, -0.2) is 0 Å². The van der Waals surface area contributed by atoms with E-state index in [1.54, 1.807) is 0 Å². The molecule has 4 N–H and O–H groups in total. The lowest BCUT2D eigenvalue weighted by Gasteiger charge is -2.39. The summed E-state index contributed by atoms with van der Waals surface area (Å²) in [7, 11) is 0. The first kappa shape index (κ1) is 15.0. The molecule has 1 aliphatic carbocycles. The number of hydrogen-bond acceptors (Lipinski definition) is 6. The van der Waals surface area contributed by atoms with Gasteiger partial charge >= 0.3 is 0 Å². The second-order valence-electron chi connectivity index (χ2n) is 7.32. The smallest absolute Gasteiger partial charge is 0.223 e. The van der Waals surface area contributed by atoms with Gasteiger partial charge in [0.2, 0.25) is 5.95 Å². The second kappa shape index (κ2) is 6.15. The standard InChI is InChI=1S/C17H28N6/c18-15-14(12-5-2-1-3-6-12)16(21-17(19)20-15)23-10-9-22-8-4-7-13(22)11-23/h12-13H,1-11H2,(H4,18,19,20,21). The molecule has 3 fully saturated rings. The summed E-state index contributed by atoms with van der Waals surface area (Å²) in [6, 6.07) is 0.667. The molecule has 0 amide bonds. The zero-order chi connectivity index (χ0) is 15.8. The summed E-state index contributed by atoms with van der Waals surface area (Å²) in [4.78, 5) is 14.0. The van der Waals surface area contributed by atoms with Gasteiger partial charge in [0.1, 0.15) is 11.6 Å². The molecule has 1 aromatic heterocycles. The molecule has 2 saturated heterocycles. The van der Waals surface area contributed by atoms with Crippen LogP contribution in [0.4, 0.5) is 17.6 Å². The molecule has 0 bridgehead atoms. The van der Waals surface area contributed by atoms with Gasteiger partial charge in [0.15, 0.2) is 0 Å². The summed E-state index contributed by atoms with van der Waals surface area (Å²) >= 11 is 0. The SMILES string of the molecule is Nc1nc(N)c(C2CCCCC2)c(N2CCN3CCCC3C2)n1. The van der Waals surface area contributed by atoms with Gasteiger partial charge in [0.05, 0.1) is 0 Å². The average Bonchev–Trinajstić information content (AvgIpc) is 3.02. The Morgan fingerprint density at radius 1 is 0.870 bits per heavy atom. The summed E-state index contributed by atoms with van der Waals surface area (Å²) < 4.78 is 0. The van der Waals surface area contributed by atoms with Crippen molar-refractivity contribution in [2.75, 3.05) is 42.5 Å². The summed E-state index contributed by atoms with van der Waals surface area (Å²) in [6.45, 7) is 4.45. The largest absolute Gasteiger partial charge is 0.383 e. The number of nitrogen functional groups attached to an aromatic ring is 2. The van der Waals surface area contributed by atoms with Gasteiger partial charge in [0.25, 0.3) is 0 Å². The number of fused-ring (bicyclic) bond motifs is 1. The Morgan fingerprint density at radius 3 is 2.52 bits per heavy atom. The van der Waals surface area contributed by atoms with Crippen molar-refractivity contribution in [3.8, 4) is 0 Å². The minimum atomic E-state index is 0.311. The van der Waals surface area contributed by atoms with Gasteiger partial charge in [0, 0.05) is 31.2 Å². The Bertz CT molecular complexity index is 568. The van der Waals surface area contributed by atoms with E-state index in [1.807, 2.05) is 0 Å². The Morgan fingerprint density at radius 2 is 1.70 bits per heavy atom. The van der Waals surface area contributed by atoms with E-state index in [2.05, 4.69) is 19.8 Å². The highest BCUT2D eigenvalue weighted by molar-refractivity contribution is 5.62. The van der Waals surface area contributed by atoms with Crippen molar-refractivity contribution in [3.63, 3.8) is 0 Å². The van der Waals surface area contributed by atoms with Crippen molar-refractivity contribution in [1.29, 1.82) is 0 Å². The molecule has 1 unspecified atom stereocenters. The van der Waals surface area contributed by atoms with Crippen LogP contribution >= 0.6 is 0 Å². The normalized spacial score (nSPS) is 26.4. The highest BCUT2D eigenvalue weighted by Crippen LogP contribution is 2.40. The molecule has 6 heteroatoms. The maximum atomic E-state index is 6.30. The van der Waals surface area contributed by atoms with E-state index in [-0.39, 0.29) is 0 Å². The minimum absolute atomic E-state index is 0.311. The fourth-order valence-corrected chi connectivity index (χ4v) is 4.70. The van der Waals surface area contributed by atoms with Crippen LogP contribution in [0.5, 0.6) is 0 Å². The Hall–Kier alpha value is -1.56. The van der Waals surface area contributed by atoms with Gasteiger partial charge in [-0.2, -0.15) is 9.97 Å². The lowest BCUT2D eigenvalue weighted by atomic mass is 9.84. The fraction of sp³-hybridized carbons (Fsp3) is 0.765. The van der Waals surface area contributed by atoms with Crippen LogP contribution in [0.3, 0.4) is 0 Å². The first-order valence-corrected chi connectivity index (χ1v) is 9.14. The van der Waals surface area contributed by atoms with Crippen LogP contribution in [0.15, 0.2) is 0 Å². The third kappa shape index (κ3) is 2.84. The third-order valence-electron chi connectivity index (χ3n) is 5.87. The van der Waals surface area contributed by atoms with E-state index in [0.29, 0.717) is 23.7 Å². The van der Waals surface area contributed by atoms with E-state index in [1.165, 1.54) is 57.1 Å². The molecule has 6 nitrogen and oxygen atoms in total. The Balaban J connectivity index is 1.66. The first-order chi connectivity index (χ1) is 11.2. The fourth-order valence-electron chi connectivity index (χ4n) is 4.70. The van der Waals surface area contributed by atoms with Crippen molar-refractivity contribution < 1.29 is 0 Å². The molecular formula is C17H28N6. The highest BCUT2D eigenvalue weighted by atomic mass is 15.3. The molecule has 23 heavy (non-hydrogen) atoms. The van der Waals surface area contributed by atoms with Crippen LogP contribution in [0, 0.1) is 0 Å². The van der Waals surface area contributed by atoms with Crippen LogP contribution < -0.4 is 16.4 Å². The maximum absolute atomic E-state index is 6.30. The second-order valence-corrected chi connectivity index (χ2v) is 7.32. The lowest BCUT2D eigenvalue weighted by Crippen LogP contribution is -2.50. The number of nitrogens with two attached hydrogens (primary N) is 2. The third-order valence-corrected chi connectivity index (χ3v) is 5.87. The molecule has 2 aliphatic heterocycles. The van der Waals surface area contributed by atoms with E-state index in [0.717, 1.165) is 25.5 Å². The summed E-state index contributed by atoms with van der Waals surface area (Å²) in [6.07, 6.45) is 8.92.